The molecular formula is C37H28N2O9. The molecule has 0 unspecified atom stereocenters. The molecule has 1 heterocycles. The molecule has 6 rings (SSSR count). The molecule has 1 aliphatic heterocycles. The number of nitrogens with zero attached hydrogens (tertiary/aromatic N) is 1. The van der Waals surface area contributed by atoms with E-state index < -0.39 is 11.9 Å². The Morgan fingerprint density at radius 1 is 0.833 bits per heavy atom. The van der Waals surface area contributed by atoms with Gasteiger partial charge in [0, 0.05) is 51.0 Å². The van der Waals surface area contributed by atoms with Gasteiger partial charge >= 0.3 is 5.97 Å². The highest BCUT2D eigenvalue weighted by Gasteiger charge is 2.23. The van der Waals surface area contributed by atoms with Crippen LogP contribution in [0.2, 0.25) is 0 Å². The van der Waals surface area contributed by atoms with Crippen molar-refractivity contribution in [2.24, 2.45) is 0 Å². The first-order chi connectivity index (χ1) is 22.5. The standard InChI is InChI=1S/C37H26N2O8.H2O/c1-20-15-23(16-21(2)35(20)39(45)46)4-3-22-5-7-24(8-6-22)36(42)38-25-9-12-28(31(17-25)37(43)44)34-29-13-10-26(40)18-32(29)47-33-19-27(41)11-14-30(33)34;/h3-19,40H,1-2H3,(H,38,42)(H,43,44);1H2. The van der Waals surface area contributed by atoms with Gasteiger partial charge in [-0.15, -0.1) is 0 Å². The van der Waals surface area contributed by atoms with Gasteiger partial charge in [0.05, 0.1) is 10.5 Å². The Labute approximate surface area is 272 Å². The van der Waals surface area contributed by atoms with Crippen molar-refractivity contribution in [2.75, 3.05) is 5.32 Å². The van der Waals surface area contributed by atoms with Crippen molar-refractivity contribution >= 4 is 46.4 Å². The van der Waals surface area contributed by atoms with Crippen molar-refractivity contribution in [1.82, 2.24) is 0 Å². The van der Waals surface area contributed by atoms with Crippen LogP contribution < -0.4 is 10.7 Å². The van der Waals surface area contributed by atoms with Gasteiger partial charge in [0.1, 0.15) is 17.1 Å². The number of aromatic hydroxyl groups is 1. The van der Waals surface area contributed by atoms with Crippen molar-refractivity contribution in [3.05, 3.63) is 145 Å². The normalized spacial score (nSPS) is 11.0. The smallest absolute Gasteiger partial charge is 0.336 e. The molecule has 11 heteroatoms. The topological polar surface area (TPSA) is 191 Å². The van der Waals surface area contributed by atoms with Gasteiger partial charge in [-0.05, 0) is 91.2 Å². The fraction of sp³-hybridized carbons (Fsp3) is 0.0541. The maximum atomic E-state index is 13.1. The average Bonchev–Trinajstić information content (AvgIpc) is 3.02. The van der Waals surface area contributed by atoms with E-state index in [2.05, 4.69) is 5.32 Å². The molecule has 11 nitrogen and oxygen atoms in total. The summed E-state index contributed by atoms with van der Waals surface area (Å²) in [5.41, 5.74) is 4.69. The first-order valence-corrected chi connectivity index (χ1v) is 14.4. The van der Waals surface area contributed by atoms with Gasteiger partial charge < -0.3 is 25.4 Å². The van der Waals surface area contributed by atoms with Gasteiger partial charge in [0.15, 0.2) is 5.43 Å². The van der Waals surface area contributed by atoms with Crippen molar-refractivity contribution in [1.29, 1.82) is 0 Å². The molecule has 0 spiro atoms. The lowest BCUT2D eigenvalue weighted by Crippen LogP contribution is -2.13. The molecule has 0 saturated carbocycles. The quantitative estimate of drug-likeness (QED) is 0.0709. The second kappa shape index (κ2) is 13.0. The largest absolute Gasteiger partial charge is 0.508 e. The number of carboxylic acids is 1. The summed E-state index contributed by atoms with van der Waals surface area (Å²) in [5.74, 6) is -1.50. The number of nitro groups is 1. The van der Waals surface area contributed by atoms with Crippen LogP contribution in [-0.2, 0) is 0 Å². The number of anilines is 1. The predicted molar refractivity (Wildman–Crippen MR) is 183 cm³/mol. The highest BCUT2D eigenvalue weighted by molar-refractivity contribution is 6.09. The van der Waals surface area contributed by atoms with E-state index in [9.17, 15) is 34.7 Å². The summed E-state index contributed by atoms with van der Waals surface area (Å²) in [7, 11) is 0. The predicted octanol–water partition coefficient (Wildman–Crippen LogP) is 7.09. The Balaban J connectivity index is 0.00000451. The van der Waals surface area contributed by atoms with Crippen molar-refractivity contribution in [2.45, 2.75) is 13.8 Å². The van der Waals surface area contributed by atoms with E-state index in [1.54, 1.807) is 74.5 Å². The van der Waals surface area contributed by atoms with Crippen molar-refractivity contribution in [3.63, 3.8) is 0 Å². The van der Waals surface area contributed by atoms with E-state index in [0.29, 0.717) is 38.8 Å². The number of aromatic carboxylic acids is 1. The van der Waals surface area contributed by atoms with Crippen LogP contribution in [-0.4, -0.2) is 32.5 Å². The van der Waals surface area contributed by atoms with Gasteiger partial charge in [-0.1, -0.05) is 30.4 Å². The Morgan fingerprint density at radius 2 is 1.50 bits per heavy atom. The minimum absolute atomic E-state index is 0. The SMILES string of the molecule is Cc1cc(C=Cc2ccc(C(=O)Nc3ccc(-c4c5ccc(=O)cc-5oc5cc(O)ccc45)c(C(=O)O)c3)cc2)cc(C)c1[N+](=O)[O-].O. The van der Waals surface area contributed by atoms with Crippen LogP contribution in [0.1, 0.15) is 43.0 Å². The minimum atomic E-state index is -1.23. The molecule has 0 atom stereocenters. The van der Waals surface area contributed by atoms with Gasteiger partial charge in [0.25, 0.3) is 11.6 Å². The number of hydrogen-bond donors (Lipinski definition) is 3. The number of nitrogens with one attached hydrogen (secondary N) is 1. The summed E-state index contributed by atoms with van der Waals surface area (Å²) >= 11 is 0. The number of aryl methyl sites for hydroxylation is 2. The monoisotopic (exact) mass is 644 g/mol. The van der Waals surface area contributed by atoms with E-state index >= 15 is 0 Å². The van der Waals surface area contributed by atoms with Gasteiger partial charge in [-0.3, -0.25) is 19.7 Å². The second-order valence-electron chi connectivity index (χ2n) is 11.1. The Kier molecular flexibility index (Phi) is 8.90. The highest BCUT2D eigenvalue weighted by atomic mass is 16.6. The number of hydrogen-bond acceptors (Lipinski definition) is 7. The molecule has 0 aromatic heterocycles. The number of carbonyl (C=O) groups is 2. The third-order valence-corrected chi connectivity index (χ3v) is 7.79. The van der Waals surface area contributed by atoms with Crippen LogP contribution in [0, 0.1) is 24.0 Å². The third-order valence-electron chi connectivity index (χ3n) is 7.79. The van der Waals surface area contributed by atoms with E-state index in [0.717, 1.165) is 11.1 Å². The summed E-state index contributed by atoms with van der Waals surface area (Å²) in [6.45, 7) is 3.39. The molecule has 5 N–H and O–H groups in total. The van der Waals surface area contributed by atoms with E-state index in [-0.39, 0.29) is 49.9 Å². The van der Waals surface area contributed by atoms with Gasteiger partial charge in [0.2, 0.25) is 0 Å². The fourth-order valence-electron chi connectivity index (χ4n) is 5.68. The molecule has 240 valence electrons. The minimum Gasteiger partial charge on any atom is -0.508 e. The number of phenols is 1. The molecule has 4 aromatic carbocycles. The molecule has 1 aliphatic carbocycles. The number of carbonyl (C=O) groups excluding carboxylic acids is 1. The fourth-order valence-corrected chi connectivity index (χ4v) is 5.68. The van der Waals surface area contributed by atoms with Crippen molar-refractivity contribution < 1.29 is 34.6 Å². The van der Waals surface area contributed by atoms with Crippen LogP contribution in [0.5, 0.6) is 5.75 Å². The number of phenolic OH excluding ortho intramolecular Hbond substituents is 1. The first kappa shape index (κ1) is 32.8. The number of nitro benzene ring substituents is 1. The zero-order chi connectivity index (χ0) is 33.4. The van der Waals surface area contributed by atoms with Crippen molar-refractivity contribution in [3.8, 4) is 28.2 Å². The number of amides is 1. The maximum absolute atomic E-state index is 13.1. The molecule has 0 fully saturated rings. The molecule has 4 aromatic rings. The Hall–Kier alpha value is -6.59. The summed E-state index contributed by atoms with van der Waals surface area (Å²) in [6.07, 6.45) is 3.67. The Bertz CT molecular complexity index is 2280. The number of carboxylic acid groups (broad SMARTS) is 1. The van der Waals surface area contributed by atoms with Crippen LogP contribution in [0.4, 0.5) is 11.4 Å². The summed E-state index contributed by atoms with van der Waals surface area (Å²) in [6, 6.07) is 23.5. The average molecular weight is 645 g/mol. The summed E-state index contributed by atoms with van der Waals surface area (Å²) < 4.78 is 5.87. The van der Waals surface area contributed by atoms with Crippen LogP contribution in [0.3, 0.4) is 0 Å². The van der Waals surface area contributed by atoms with Gasteiger partial charge in [-0.2, -0.15) is 0 Å². The molecule has 0 saturated heterocycles. The van der Waals surface area contributed by atoms with E-state index in [1.807, 2.05) is 12.2 Å². The Morgan fingerprint density at radius 3 is 2.17 bits per heavy atom. The zero-order valence-corrected chi connectivity index (χ0v) is 25.6. The lowest BCUT2D eigenvalue weighted by molar-refractivity contribution is -0.386. The lowest BCUT2D eigenvalue weighted by Gasteiger charge is -2.17. The van der Waals surface area contributed by atoms with Crippen LogP contribution in [0.15, 0.2) is 100 Å². The lowest BCUT2D eigenvalue weighted by atomic mass is 9.90. The maximum Gasteiger partial charge on any atom is 0.336 e. The van der Waals surface area contributed by atoms with Crippen LogP contribution in [0.25, 0.3) is 45.6 Å². The first-order valence-electron chi connectivity index (χ1n) is 14.4. The molecule has 48 heavy (non-hydrogen) atoms. The number of fused-ring (bicyclic) bond motifs is 2. The number of benzene rings is 5. The van der Waals surface area contributed by atoms with Gasteiger partial charge in [-0.25, -0.2) is 4.79 Å². The summed E-state index contributed by atoms with van der Waals surface area (Å²) in [4.78, 5) is 48.6. The second-order valence-corrected chi connectivity index (χ2v) is 11.1. The van der Waals surface area contributed by atoms with E-state index in [1.165, 1.54) is 30.3 Å². The molecule has 0 radical (unpaired) electrons. The zero-order valence-electron chi connectivity index (χ0n) is 25.6. The van der Waals surface area contributed by atoms with E-state index in [4.69, 9.17) is 4.42 Å². The molecule has 1 amide bonds. The van der Waals surface area contributed by atoms with Crippen LogP contribution >= 0.6 is 0 Å². The molecule has 2 aliphatic rings. The molecule has 0 bridgehead atoms. The number of rotatable bonds is 7. The molecular weight excluding hydrogens is 616 g/mol. The third kappa shape index (κ3) is 6.39. The summed E-state index contributed by atoms with van der Waals surface area (Å²) in [5, 5.41) is 34.8. The highest BCUT2D eigenvalue weighted by Crippen LogP contribution is 2.42.